The molecule has 31 heavy (non-hydrogen) atoms. The maximum atomic E-state index is 13.7. The molecule has 8 atom stereocenters. The van der Waals surface area contributed by atoms with Gasteiger partial charge in [-0.1, -0.05) is 32.4 Å². The van der Waals surface area contributed by atoms with E-state index in [1.165, 1.54) is 6.20 Å². The van der Waals surface area contributed by atoms with Crippen LogP contribution < -0.4 is 5.56 Å². The van der Waals surface area contributed by atoms with Crippen LogP contribution in [0.4, 0.5) is 0 Å². The predicted molar refractivity (Wildman–Crippen MR) is 112 cm³/mol. The number of allylic oxidation sites excluding steroid dienone is 2. The molecule has 2 heterocycles. The Morgan fingerprint density at radius 3 is 2.77 bits per heavy atom. The fourth-order valence-electron chi connectivity index (χ4n) is 6.23. The monoisotopic (exact) mass is 427 g/mol. The Kier molecular flexibility index (Phi) is 4.75. The van der Waals surface area contributed by atoms with Gasteiger partial charge >= 0.3 is 0 Å². The quantitative estimate of drug-likeness (QED) is 0.387. The Hall–Kier alpha value is -2.25. The fourth-order valence-corrected chi connectivity index (χ4v) is 6.23. The minimum absolute atomic E-state index is 0.0452. The van der Waals surface area contributed by atoms with Crippen LogP contribution in [0.5, 0.6) is 5.75 Å². The number of H-pyrrole nitrogens is 1. The zero-order chi connectivity index (χ0) is 22.1. The molecule has 7 heteroatoms. The number of hydrogen-bond donors (Lipinski definition) is 3. The minimum atomic E-state index is -1.61. The molecule has 0 amide bonds. The van der Waals surface area contributed by atoms with Crippen molar-refractivity contribution in [2.75, 3.05) is 0 Å². The van der Waals surface area contributed by atoms with E-state index in [4.69, 9.17) is 4.74 Å². The Labute approximate surface area is 180 Å². The molecule has 0 spiro atoms. The molecule has 1 aromatic heterocycles. The van der Waals surface area contributed by atoms with Gasteiger partial charge in [-0.25, -0.2) is 0 Å². The van der Waals surface area contributed by atoms with Crippen molar-refractivity contribution in [3.05, 3.63) is 39.8 Å². The molecular formula is C24H29NO6. The third kappa shape index (κ3) is 3.12. The van der Waals surface area contributed by atoms with Gasteiger partial charge in [-0.2, -0.15) is 0 Å². The molecule has 1 aromatic rings. The molecule has 7 nitrogen and oxygen atoms in total. The number of Topliss-reactive ketones (excluding diaryl/α,β-unsaturated/α-hetero) is 2. The Morgan fingerprint density at radius 2 is 2.00 bits per heavy atom. The maximum Gasteiger partial charge on any atom is 0.262 e. The van der Waals surface area contributed by atoms with Crippen molar-refractivity contribution in [2.24, 2.45) is 29.6 Å². The summed E-state index contributed by atoms with van der Waals surface area (Å²) >= 11 is 0. The fraction of sp³-hybridized carbons (Fsp3) is 0.625. The van der Waals surface area contributed by atoms with Gasteiger partial charge in [-0.05, 0) is 42.9 Å². The van der Waals surface area contributed by atoms with Gasteiger partial charge in [0.15, 0.2) is 11.6 Å². The van der Waals surface area contributed by atoms with Crippen molar-refractivity contribution < 1.29 is 24.5 Å². The highest BCUT2D eigenvalue weighted by Gasteiger charge is 2.62. The van der Waals surface area contributed by atoms with E-state index in [1.54, 1.807) is 0 Å². The summed E-state index contributed by atoms with van der Waals surface area (Å²) in [6, 6.07) is 0. The Balaban J connectivity index is 1.53. The van der Waals surface area contributed by atoms with E-state index >= 15 is 0 Å². The van der Waals surface area contributed by atoms with Crippen LogP contribution in [0, 0.1) is 29.6 Å². The Morgan fingerprint density at radius 1 is 1.23 bits per heavy atom. The van der Waals surface area contributed by atoms with Gasteiger partial charge in [-0.3, -0.25) is 14.4 Å². The summed E-state index contributed by atoms with van der Waals surface area (Å²) in [6.45, 7) is 4.20. The summed E-state index contributed by atoms with van der Waals surface area (Å²) in [5.74, 6) is -0.327. The second-order valence-electron chi connectivity index (χ2n) is 10.0. The van der Waals surface area contributed by atoms with Gasteiger partial charge in [0.1, 0.15) is 29.1 Å². The summed E-state index contributed by atoms with van der Waals surface area (Å²) in [5.41, 5.74) is -2.49. The number of fused-ring (bicyclic) bond motifs is 2. The van der Waals surface area contributed by atoms with Crippen LogP contribution in [0.15, 0.2) is 23.1 Å². The number of pyridine rings is 1. The van der Waals surface area contributed by atoms with Gasteiger partial charge < -0.3 is 19.9 Å². The lowest BCUT2D eigenvalue weighted by Crippen LogP contribution is -2.42. The van der Waals surface area contributed by atoms with Crippen LogP contribution in [-0.2, 0) is 15.1 Å². The van der Waals surface area contributed by atoms with Gasteiger partial charge in [0, 0.05) is 24.1 Å². The van der Waals surface area contributed by atoms with Gasteiger partial charge in [0.2, 0.25) is 0 Å². The zero-order valence-corrected chi connectivity index (χ0v) is 17.8. The van der Waals surface area contributed by atoms with E-state index in [1.807, 2.05) is 6.92 Å². The van der Waals surface area contributed by atoms with Crippen LogP contribution in [0.3, 0.4) is 0 Å². The first-order valence-corrected chi connectivity index (χ1v) is 11.3. The molecule has 3 fully saturated rings. The third-order valence-electron chi connectivity index (χ3n) is 8.02. The normalized spacial score (nSPS) is 41.4. The first kappa shape index (κ1) is 20.6. The number of carbonyl (C=O) groups is 2. The largest absolute Gasteiger partial charge is 0.507 e. The van der Waals surface area contributed by atoms with Gasteiger partial charge in [-0.15, -0.1) is 0 Å². The van der Waals surface area contributed by atoms with E-state index in [0.717, 1.165) is 19.3 Å². The molecule has 1 saturated heterocycles. The molecule has 0 unspecified atom stereocenters. The van der Waals surface area contributed by atoms with Gasteiger partial charge in [0.05, 0.1) is 0 Å². The third-order valence-corrected chi connectivity index (χ3v) is 8.02. The maximum absolute atomic E-state index is 13.7. The number of aromatic nitrogens is 1. The van der Waals surface area contributed by atoms with Crippen molar-refractivity contribution in [3.8, 4) is 5.75 Å². The molecule has 3 aliphatic carbocycles. The number of aromatic hydroxyl groups is 1. The summed E-state index contributed by atoms with van der Waals surface area (Å²) < 4.78 is 5.36. The van der Waals surface area contributed by atoms with Crippen LogP contribution >= 0.6 is 0 Å². The van der Waals surface area contributed by atoms with Crippen molar-refractivity contribution in [3.63, 3.8) is 0 Å². The summed E-state index contributed by atoms with van der Waals surface area (Å²) in [4.78, 5) is 40.8. The SMILES string of the molecule is C[C@H]1CC[C@@H]2[C@@H](C(=O)c3c(O)c([C@@]4(O)CCC(=O)[C@@H]5O[C@@H]54)c[nH]c3=O)[C@@H](C)C=C[C@H]2C1. The molecule has 5 rings (SSSR count). The van der Waals surface area contributed by atoms with Crippen LogP contribution in [0.2, 0.25) is 0 Å². The summed E-state index contributed by atoms with van der Waals surface area (Å²) in [5, 5.41) is 22.3. The molecule has 0 aromatic carbocycles. The molecule has 2 saturated carbocycles. The number of nitrogens with one attached hydrogen (secondary N) is 1. The van der Waals surface area contributed by atoms with E-state index in [9.17, 15) is 24.6 Å². The number of carbonyl (C=O) groups excluding carboxylic acids is 2. The second kappa shape index (κ2) is 7.14. The van der Waals surface area contributed by atoms with Crippen molar-refractivity contribution in [2.45, 2.75) is 63.8 Å². The van der Waals surface area contributed by atoms with Crippen LogP contribution in [0.25, 0.3) is 0 Å². The first-order valence-electron chi connectivity index (χ1n) is 11.3. The molecule has 0 bridgehead atoms. The lowest BCUT2D eigenvalue weighted by molar-refractivity contribution is -0.123. The van der Waals surface area contributed by atoms with E-state index < -0.39 is 35.0 Å². The Bertz CT molecular complexity index is 1030. The van der Waals surface area contributed by atoms with Crippen molar-refractivity contribution in [1.82, 2.24) is 4.98 Å². The molecule has 3 N–H and O–H groups in total. The average Bonchev–Trinajstić information content (AvgIpc) is 3.53. The smallest absolute Gasteiger partial charge is 0.262 e. The minimum Gasteiger partial charge on any atom is -0.507 e. The lowest BCUT2D eigenvalue weighted by atomic mass is 9.61. The number of hydrogen-bond acceptors (Lipinski definition) is 6. The predicted octanol–water partition coefficient (Wildman–Crippen LogP) is 2.46. The number of epoxide rings is 1. The van der Waals surface area contributed by atoms with Gasteiger partial charge in [0.25, 0.3) is 5.56 Å². The van der Waals surface area contributed by atoms with E-state index in [2.05, 4.69) is 24.1 Å². The number of ether oxygens (including phenoxy) is 1. The average molecular weight is 427 g/mol. The molecule has 1 aliphatic heterocycles. The first-order chi connectivity index (χ1) is 14.7. The zero-order valence-electron chi connectivity index (χ0n) is 17.8. The highest BCUT2D eigenvalue weighted by atomic mass is 16.6. The van der Waals surface area contributed by atoms with E-state index in [0.29, 0.717) is 11.8 Å². The second-order valence-corrected chi connectivity index (χ2v) is 10.0. The van der Waals surface area contributed by atoms with E-state index in [-0.39, 0.29) is 47.4 Å². The highest BCUT2D eigenvalue weighted by Crippen LogP contribution is 2.50. The summed E-state index contributed by atoms with van der Waals surface area (Å²) in [6.07, 6.45) is 7.25. The molecule has 166 valence electrons. The molecule has 4 aliphatic rings. The topological polar surface area (TPSA) is 120 Å². The van der Waals surface area contributed by atoms with Crippen LogP contribution in [0.1, 0.15) is 61.9 Å². The number of rotatable bonds is 3. The van der Waals surface area contributed by atoms with Crippen molar-refractivity contribution in [1.29, 1.82) is 0 Å². The molecule has 0 radical (unpaired) electrons. The number of aromatic amines is 1. The standard InChI is InChI=1S/C24H29NO6/c1-11-3-6-14-13(9-11)5-4-12(2)17(14)20(28)18-19(27)15(10-25-23(18)29)24(30)8-7-16(26)21-22(24)31-21/h4-5,10-14,17,21-22,30H,3,6-9H2,1-2H3,(H2,25,27,29)/t11-,12-,13-,14-,17-,21-,22-,24-/m0/s1. The number of aliphatic hydroxyl groups is 1. The molecular weight excluding hydrogens is 398 g/mol. The summed E-state index contributed by atoms with van der Waals surface area (Å²) in [7, 11) is 0. The number of ketones is 2. The lowest BCUT2D eigenvalue weighted by Gasteiger charge is -2.42. The highest BCUT2D eigenvalue weighted by molar-refractivity contribution is 6.01. The van der Waals surface area contributed by atoms with Crippen molar-refractivity contribution >= 4 is 11.6 Å². The van der Waals surface area contributed by atoms with Crippen LogP contribution in [-0.4, -0.2) is 39.0 Å².